The van der Waals surface area contributed by atoms with Crippen LogP contribution in [0.15, 0.2) is 230 Å². The third-order valence-electron chi connectivity index (χ3n) is 11.8. The molecular weight excluding hydrogens is 1320 g/mol. The predicted molar refractivity (Wildman–Crippen MR) is 385 cm³/mol. The van der Waals surface area contributed by atoms with E-state index in [1.54, 1.807) is 182 Å². The Morgan fingerprint density at radius 2 is 0.705 bits per heavy atom. The molecule has 0 aromatic heterocycles. The Hall–Kier alpha value is -8.26. The van der Waals surface area contributed by atoms with Crippen molar-refractivity contribution in [3.63, 3.8) is 0 Å². The van der Waals surface area contributed by atoms with E-state index >= 15 is 0 Å². The molecule has 0 aliphatic carbocycles. The normalized spacial score (nSPS) is 11.4. The largest absolute Gasteiger partial charge is 0.872 e. The van der Waals surface area contributed by atoms with Gasteiger partial charge < -0.3 is 52.0 Å². The first-order valence-corrected chi connectivity index (χ1v) is 29.1. The summed E-state index contributed by atoms with van der Waals surface area (Å²) in [6.45, 7) is 12.1. The van der Waals surface area contributed by atoms with Crippen molar-refractivity contribution in [3.8, 4) is 0 Å². The fraction of sp³-hybridized carbons (Fsp3) is 0.213. The van der Waals surface area contributed by atoms with Crippen LogP contribution in [0.2, 0.25) is 25.1 Å². The number of carbonyl (C=O) groups excluding carboxylic acids is 4. The predicted octanol–water partition coefficient (Wildman–Crippen LogP) is 14.6. The van der Waals surface area contributed by atoms with Gasteiger partial charge in [0.15, 0.2) is 23.1 Å². The molecular formula is C75H87Cl5NO14-3. The van der Waals surface area contributed by atoms with E-state index in [0.717, 1.165) is 0 Å². The van der Waals surface area contributed by atoms with Crippen molar-refractivity contribution in [3.05, 3.63) is 300 Å². The minimum Gasteiger partial charge on any atom is -0.872 e. The first-order chi connectivity index (χ1) is 42.0. The van der Waals surface area contributed by atoms with Crippen molar-refractivity contribution in [2.75, 3.05) is 0 Å². The second-order valence-electron chi connectivity index (χ2n) is 20.4. The fourth-order valence-corrected chi connectivity index (χ4v) is 8.49. The molecule has 514 valence electrons. The molecule has 0 aliphatic heterocycles. The van der Waals surface area contributed by atoms with E-state index in [2.05, 4.69) is 5.32 Å². The first kappa shape index (κ1) is 93.1. The lowest BCUT2D eigenvalue weighted by Gasteiger charge is -2.25. The van der Waals surface area contributed by atoms with Gasteiger partial charge in [-0.1, -0.05) is 251 Å². The van der Waals surface area contributed by atoms with Gasteiger partial charge >= 0.3 is 5.97 Å². The van der Waals surface area contributed by atoms with Crippen LogP contribution < -0.4 is 20.6 Å². The summed E-state index contributed by atoms with van der Waals surface area (Å²) in [4.78, 5) is 55.1. The number of carboxylic acids is 1. The quantitative estimate of drug-likeness (QED) is 0.0363. The second kappa shape index (κ2) is 47.6. The summed E-state index contributed by atoms with van der Waals surface area (Å²) in [5.41, 5.74) is 3.69. The van der Waals surface area contributed by atoms with Gasteiger partial charge in [0.05, 0.1) is 11.6 Å². The molecule has 0 spiro atoms. The van der Waals surface area contributed by atoms with E-state index < -0.39 is 24.3 Å². The zero-order valence-corrected chi connectivity index (χ0v) is 54.4. The maximum Gasteiger partial charge on any atom is 0.335 e. The molecule has 0 radical (unpaired) electrons. The minimum absolute atomic E-state index is 0. The van der Waals surface area contributed by atoms with Crippen molar-refractivity contribution in [2.45, 2.75) is 108 Å². The molecule has 0 aliphatic rings. The summed E-state index contributed by atoms with van der Waals surface area (Å²) in [6.07, 6.45) is -0.618. The topological polar surface area (TPSA) is 310 Å². The van der Waals surface area contributed by atoms with Gasteiger partial charge in [-0.3, -0.25) is 19.2 Å². The number of hydrogen-bond donors (Lipinski definition) is 5. The van der Waals surface area contributed by atoms with Gasteiger partial charge in [0.1, 0.15) is 18.3 Å². The zero-order valence-electron chi connectivity index (χ0n) is 50.6. The number of rotatable bonds is 15. The van der Waals surface area contributed by atoms with E-state index in [-0.39, 0.29) is 104 Å². The Labute approximate surface area is 584 Å². The van der Waals surface area contributed by atoms with Crippen LogP contribution in [0.4, 0.5) is 0 Å². The number of carboxylic acid groups (broad SMARTS) is 1. The highest BCUT2D eigenvalue weighted by Crippen LogP contribution is 2.23. The van der Waals surface area contributed by atoms with Gasteiger partial charge in [0, 0.05) is 41.8 Å². The molecule has 0 saturated carbocycles. The lowest BCUT2D eigenvalue weighted by atomic mass is 10.0. The number of aliphatic hydroxyl groups excluding tert-OH is 3. The standard InChI is InChI=1S/C24H20O3.C13H18ClNO.3C9H9ClO2.C7H5ClO2.4CH4.2H2O/c25-22(18-10-4-1-5-11-18)16-21(24(27)20-14-8-3-9-15-20)17-23(26)19-12-6-2-7-13-19;1-9(15-13(2,3)4)12(16)10-6-5-7-11(14)8-10;3*1-6(11)9(12)7-3-2-4-8(10)5-7;8-6-3-1-2-5(4-6)7(9)10;;;;;;/h1-17,25-27H;5-9,15H,1-4H3;2*2-5,9,12H,1H3;2-6,11H,1H3;1-4H,(H,9,10);4*1H4;2*1H2/p-3. The van der Waals surface area contributed by atoms with E-state index in [1.165, 1.54) is 51.1 Å². The number of halogens is 5. The number of benzene rings is 8. The van der Waals surface area contributed by atoms with Crippen LogP contribution >= 0.6 is 58.0 Å². The van der Waals surface area contributed by atoms with E-state index in [1.807, 2.05) is 39.8 Å². The van der Waals surface area contributed by atoms with Gasteiger partial charge in [0.2, 0.25) is 0 Å². The van der Waals surface area contributed by atoms with Crippen molar-refractivity contribution < 1.29 is 70.7 Å². The van der Waals surface area contributed by atoms with Crippen molar-refractivity contribution in [2.24, 2.45) is 0 Å². The van der Waals surface area contributed by atoms with Crippen molar-refractivity contribution in [1.29, 1.82) is 0 Å². The molecule has 0 amide bonds. The smallest absolute Gasteiger partial charge is 0.335 e. The summed E-state index contributed by atoms with van der Waals surface area (Å²) >= 11 is 28.4. The van der Waals surface area contributed by atoms with Crippen LogP contribution in [-0.2, 0) is 9.59 Å². The van der Waals surface area contributed by atoms with Crippen molar-refractivity contribution >= 4 is 104 Å². The van der Waals surface area contributed by atoms with Gasteiger partial charge in [-0.05, 0) is 149 Å². The lowest BCUT2D eigenvalue weighted by molar-refractivity contribution is -0.248. The Bertz CT molecular complexity index is 3570. The van der Waals surface area contributed by atoms with Gasteiger partial charge in [-0.25, -0.2) is 4.79 Å². The number of ketones is 4. The molecule has 0 saturated heterocycles. The average Bonchev–Trinajstić information content (AvgIpc) is 0.892. The van der Waals surface area contributed by atoms with Crippen LogP contribution in [-0.4, -0.2) is 78.2 Å². The molecule has 15 nitrogen and oxygen atoms in total. The van der Waals surface area contributed by atoms with E-state index in [9.17, 15) is 49.5 Å². The summed E-state index contributed by atoms with van der Waals surface area (Å²) in [7, 11) is 0. The Balaban J connectivity index is -0.000000537. The number of aliphatic hydroxyl groups is 3. The molecule has 95 heavy (non-hydrogen) atoms. The number of Topliss-reactive ketones (excluding diaryl/α,β-unsaturated/α-hetero) is 4. The molecule has 4 unspecified atom stereocenters. The van der Waals surface area contributed by atoms with Gasteiger partial charge in [-0.2, -0.15) is 0 Å². The van der Waals surface area contributed by atoms with Crippen LogP contribution in [0.25, 0.3) is 17.3 Å². The van der Waals surface area contributed by atoms with Gasteiger partial charge in [-0.15, -0.1) is 11.5 Å². The van der Waals surface area contributed by atoms with E-state index in [4.69, 9.17) is 68.2 Å². The summed E-state index contributed by atoms with van der Waals surface area (Å²) in [5, 5.41) is 79.8. The summed E-state index contributed by atoms with van der Waals surface area (Å²) in [6, 6.07) is 58.6. The molecule has 9 N–H and O–H groups in total. The summed E-state index contributed by atoms with van der Waals surface area (Å²) < 4.78 is 0. The Morgan fingerprint density at radius 3 is 0.989 bits per heavy atom. The highest BCUT2D eigenvalue weighted by Gasteiger charge is 2.21. The molecule has 0 heterocycles. The summed E-state index contributed by atoms with van der Waals surface area (Å²) in [5.74, 6) is -2.78. The molecule has 0 bridgehead atoms. The fourth-order valence-electron chi connectivity index (χ4n) is 7.52. The lowest BCUT2D eigenvalue weighted by Crippen LogP contribution is -2.46. The highest BCUT2D eigenvalue weighted by atomic mass is 35.5. The van der Waals surface area contributed by atoms with Gasteiger partial charge in [0.25, 0.3) is 0 Å². The minimum atomic E-state index is -1.05. The average molecular weight is 1400 g/mol. The molecule has 8 aromatic rings. The first-order valence-electron chi connectivity index (χ1n) is 27.2. The van der Waals surface area contributed by atoms with Crippen LogP contribution in [0.5, 0.6) is 0 Å². The maximum absolute atomic E-state index is 12.9. The highest BCUT2D eigenvalue weighted by molar-refractivity contribution is 6.32. The Kier molecular flexibility index (Phi) is 46.7. The molecule has 4 atom stereocenters. The third kappa shape index (κ3) is 35.2. The number of allylic oxidation sites excluding steroid dienone is 3. The maximum atomic E-state index is 12.9. The Morgan fingerprint density at radius 1 is 0.421 bits per heavy atom. The monoisotopic (exact) mass is 1400 g/mol. The molecule has 20 heteroatoms. The number of nitrogens with one attached hydrogen (secondary N) is 1. The third-order valence-corrected chi connectivity index (χ3v) is 13.0. The molecule has 8 rings (SSSR count). The van der Waals surface area contributed by atoms with Crippen LogP contribution in [0.3, 0.4) is 0 Å². The molecule has 0 fully saturated rings. The van der Waals surface area contributed by atoms with E-state index in [0.29, 0.717) is 64.1 Å². The SMILES string of the molecule is C.C.C.C.CC(=O)C(O)c1cccc(Cl)c1.CC(=O)C(O)c1cccc(Cl)c1.CC(NC(C)(C)C)C(=O)c1cccc(Cl)c1.CC(O)C(=O)c1cccc(Cl)c1.O.O.O=C(O)c1cccc(Cl)c1.[O-]C(=CC(C=C([O-])c1ccccc1)=C([O-])c1ccccc1)c1ccccc1. The number of aromatic carboxylic acids is 1. The zero-order chi connectivity index (χ0) is 66.4. The van der Waals surface area contributed by atoms with Crippen molar-refractivity contribution in [1.82, 2.24) is 5.32 Å². The number of hydrogen-bond acceptors (Lipinski definition) is 12. The molecule has 8 aromatic carbocycles. The van der Waals surface area contributed by atoms with Crippen LogP contribution in [0, 0.1) is 0 Å². The van der Waals surface area contributed by atoms with Crippen LogP contribution in [0.1, 0.15) is 149 Å². The second-order valence-corrected chi connectivity index (χ2v) is 22.6. The number of carbonyl (C=O) groups is 5.